The molecule has 0 unspecified atom stereocenters. The summed E-state index contributed by atoms with van der Waals surface area (Å²) in [5.74, 6) is -0.650. The number of anilines is 3. The molecule has 6 nitrogen and oxygen atoms in total. The van der Waals surface area contributed by atoms with Gasteiger partial charge in [-0.1, -0.05) is 6.07 Å². The molecule has 0 radical (unpaired) electrons. The molecule has 2 amide bonds. The van der Waals surface area contributed by atoms with Gasteiger partial charge in [-0.05, 0) is 68.4 Å². The average molecular weight is 380 g/mol. The second kappa shape index (κ2) is 8.89. The van der Waals surface area contributed by atoms with Crippen molar-refractivity contribution in [3.63, 3.8) is 0 Å². The molecule has 1 aliphatic rings. The van der Waals surface area contributed by atoms with Crippen LogP contribution < -0.4 is 15.5 Å². The number of rotatable bonds is 5. The molecule has 1 aliphatic heterocycles. The summed E-state index contributed by atoms with van der Waals surface area (Å²) in [6, 6.07) is 13.5. The molecule has 0 aromatic heterocycles. The third kappa shape index (κ3) is 5.33. The first-order valence-corrected chi connectivity index (χ1v) is 9.61. The largest absolute Gasteiger partial charge is 0.369 e. The van der Waals surface area contributed by atoms with Crippen LogP contribution in [-0.2, 0) is 9.59 Å². The summed E-state index contributed by atoms with van der Waals surface area (Å²) in [5, 5.41) is 5.56. The van der Waals surface area contributed by atoms with E-state index >= 15 is 0 Å². The molecule has 2 aromatic rings. The van der Waals surface area contributed by atoms with Crippen LogP contribution in [0.2, 0.25) is 0 Å². The molecule has 28 heavy (non-hydrogen) atoms. The highest BCUT2D eigenvalue weighted by atomic mass is 16.2. The van der Waals surface area contributed by atoms with Crippen molar-refractivity contribution in [2.75, 3.05) is 48.8 Å². The van der Waals surface area contributed by atoms with E-state index in [9.17, 15) is 9.59 Å². The van der Waals surface area contributed by atoms with Crippen LogP contribution in [0, 0.1) is 13.8 Å². The number of piperazine rings is 1. The number of benzene rings is 2. The van der Waals surface area contributed by atoms with Crippen molar-refractivity contribution in [3.05, 3.63) is 53.6 Å². The van der Waals surface area contributed by atoms with Gasteiger partial charge in [0.25, 0.3) is 0 Å². The lowest BCUT2D eigenvalue weighted by Gasteiger charge is -2.34. The highest BCUT2D eigenvalue weighted by Crippen LogP contribution is 2.19. The minimum atomic E-state index is -0.325. The summed E-state index contributed by atoms with van der Waals surface area (Å²) in [5.41, 5.74) is 4.82. The van der Waals surface area contributed by atoms with Gasteiger partial charge in [0.15, 0.2) is 0 Å². The van der Waals surface area contributed by atoms with Gasteiger partial charge in [-0.25, -0.2) is 0 Å². The fraction of sp³-hybridized carbons (Fsp3) is 0.364. The third-order valence-corrected chi connectivity index (χ3v) is 5.13. The molecule has 6 heteroatoms. The van der Waals surface area contributed by atoms with Crippen molar-refractivity contribution in [2.24, 2.45) is 0 Å². The van der Waals surface area contributed by atoms with Gasteiger partial charge in [0.1, 0.15) is 6.42 Å². The second-order valence-electron chi connectivity index (χ2n) is 7.41. The number of amides is 2. The Morgan fingerprint density at radius 2 is 1.39 bits per heavy atom. The monoisotopic (exact) mass is 380 g/mol. The lowest BCUT2D eigenvalue weighted by molar-refractivity contribution is -0.123. The molecule has 0 saturated carbocycles. The highest BCUT2D eigenvalue weighted by Gasteiger charge is 2.15. The van der Waals surface area contributed by atoms with E-state index in [1.165, 1.54) is 0 Å². The molecule has 1 heterocycles. The SMILES string of the molecule is Cc1ccc(NC(=O)CC(=O)Nc2ccc(N3CCN(C)CC3)cc2)cc1C. The molecule has 0 aliphatic carbocycles. The molecule has 2 aromatic carbocycles. The maximum absolute atomic E-state index is 12.2. The minimum Gasteiger partial charge on any atom is -0.369 e. The van der Waals surface area contributed by atoms with Gasteiger partial charge in [0, 0.05) is 43.2 Å². The van der Waals surface area contributed by atoms with Crippen molar-refractivity contribution in [1.82, 2.24) is 4.90 Å². The fourth-order valence-corrected chi connectivity index (χ4v) is 3.20. The van der Waals surface area contributed by atoms with Crippen molar-refractivity contribution in [2.45, 2.75) is 20.3 Å². The number of hydrogen-bond acceptors (Lipinski definition) is 4. The third-order valence-electron chi connectivity index (χ3n) is 5.13. The number of nitrogens with zero attached hydrogens (tertiary/aromatic N) is 2. The zero-order valence-electron chi connectivity index (χ0n) is 16.8. The lowest BCUT2D eigenvalue weighted by atomic mass is 10.1. The lowest BCUT2D eigenvalue weighted by Crippen LogP contribution is -2.44. The molecule has 3 rings (SSSR count). The Labute approximate surface area is 166 Å². The number of hydrogen-bond donors (Lipinski definition) is 2. The first-order valence-electron chi connectivity index (χ1n) is 9.61. The predicted octanol–water partition coefficient (Wildman–Crippen LogP) is 3.02. The van der Waals surface area contributed by atoms with Gasteiger partial charge in [-0.3, -0.25) is 9.59 Å². The zero-order chi connectivity index (χ0) is 20.1. The Kier molecular flexibility index (Phi) is 6.31. The number of carbonyl (C=O) groups excluding carboxylic acids is 2. The molecular weight excluding hydrogens is 352 g/mol. The number of aryl methyl sites for hydroxylation is 2. The Bertz CT molecular complexity index is 840. The van der Waals surface area contributed by atoms with E-state index in [0.29, 0.717) is 11.4 Å². The number of nitrogens with one attached hydrogen (secondary N) is 2. The van der Waals surface area contributed by atoms with Gasteiger partial charge in [0.05, 0.1) is 0 Å². The topological polar surface area (TPSA) is 64.7 Å². The first-order chi connectivity index (χ1) is 13.4. The Morgan fingerprint density at radius 1 is 0.821 bits per heavy atom. The van der Waals surface area contributed by atoms with E-state index in [-0.39, 0.29) is 18.2 Å². The van der Waals surface area contributed by atoms with Gasteiger partial charge < -0.3 is 20.4 Å². The van der Waals surface area contributed by atoms with Crippen LogP contribution >= 0.6 is 0 Å². The summed E-state index contributed by atoms with van der Waals surface area (Å²) in [6.07, 6.45) is -0.215. The number of carbonyl (C=O) groups is 2. The maximum Gasteiger partial charge on any atom is 0.233 e. The summed E-state index contributed by atoms with van der Waals surface area (Å²) in [4.78, 5) is 28.9. The van der Waals surface area contributed by atoms with Gasteiger partial charge >= 0.3 is 0 Å². The maximum atomic E-state index is 12.2. The molecule has 1 fully saturated rings. The quantitative estimate of drug-likeness (QED) is 0.783. The van der Waals surface area contributed by atoms with Crippen LogP contribution in [0.4, 0.5) is 17.1 Å². The van der Waals surface area contributed by atoms with Crippen molar-refractivity contribution >= 4 is 28.9 Å². The smallest absolute Gasteiger partial charge is 0.233 e. The Balaban J connectivity index is 1.50. The molecule has 148 valence electrons. The van der Waals surface area contributed by atoms with E-state index in [2.05, 4.69) is 27.5 Å². The fourth-order valence-electron chi connectivity index (χ4n) is 3.20. The molecule has 0 spiro atoms. The molecule has 2 N–H and O–H groups in total. The van der Waals surface area contributed by atoms with E-state index in [0.717, 1.165) is 43.0 Å². The van der Waals surface area contributed by atoms with Crippen LogP contribution in [0.3, 0.4) is 0 Å². The highest BCUT2D eigenvalue weighted by molar-refractivity contribution is 6.08. The van der Waals surface area contributed by atoms with Crippen molar-refractivity contribution in [1.29, 1.82) is 0 Å². The van der Waals surface area contributed by atoms with E-state index in [1.54, 1.807) is 0 Å². The van der Waals surface area contributed by atoms with E-state index in [1.807, 2.05) is 56.3 Å². The van der Waals surface area contributed by atoms with Crippen LogP contribution in [0.25, 0.3) is 0 Å². The summed E-state index contributed by atoms with van der Waals surface area (Å²) >= 11 is 0. The normalized spacial score (nSPS) is 14.6. The van der Waals surface area contributed by atoms with Crippen LogP contribution in [0.5, 0.6) is 0 Å². The Hall–Kier alpha value is -2.86. The molecular formula is C22H28N4O2. The number of likely N-dealkylation sites (N-methyl/N-ethyl adjacent to an activating group) is 1. The molecule has 1 saturated heterocycles. The van der Waals surface area contributed by atoms with Gasteiger partial charge in [0.2, 0.25) is 11.8 Å². The standard InChI is InChI=1S/C22H28N4O2/c1-16-4-5-19(14-17(16)2)24-22(28)15-21(27)23-18-6-8-20(9-7-18)26-12-10-25(3)11-13-26/h4-9,14H,10-13,15H2,1-3H3,(H,23,27)(H,24,28). The predicted molar refractivity (Wildman–Crippen MR) is 114 cm³/mol. The minimum absolute atomic E-state index is 0.215. The van der Waals surface area contributed by atoms with Crippen LogP contribution in [0.1, 0.15) is 17.5 Å². The van der Waals surface area contributed by atoms with Crippen LogP contribution in [-0.4, -0.2) is 49.9 Å². The summed E-state index contributed by atoms with van der Waals surface area (Å²) < 4.78 is 0. The van der Waals surface area contributed by atoms with Crippen molar-refractivity contribution in [3.8, 4) is 0 Å². The summed E-state index contributed by atoms with van der Waals surface area (Å²) in [7, 11) is 2.13. The van der Waals surface area contributed by atoms with Crippen molar-refractivity contribution < 1.29 is 9.59 Å². The summed E-state index contributed by atoms with van der Waals surface area (Å²) in [6.45, 7) is 8.11. The average Bonchev–Trinajstić information content (AvgIpc) is 2.66. The van der Waals surface area contributed by atoms with E-state index in [4.69, 9.17) is 0 Å². The van der Waals surface area contributed by atoms with E-state index < -0.39 is 0 Å². The first kappa shape index (κ1) is 19.9. The molecule has 0 atom stereocenters. The Morgan fingerprint density at radius 3 is 2.00 bits per heavy atom. The van der Waals surface area contributed by atoms with Gasteiger partial charge in [-0.2, -0.15) is 0 Å². The second-order valence-corrected chi connectivity index (χ2v) is 7.41. The van der Waals surface area contributed by atoms with Gasteiger partial charge in [-0.15, -0.1) is 0 Å². The van der Waals surface area contributed by atoms with Crippen LogP contribution in [0.15, 0.2) is 42.5 Å². The molecule has 0 bridgehead atoms. The zero-order valence-corrected chi connectivity index (χ0v) is 16.8.